The zero-order valence-corrected chi connectivity index (χ0v) is 9.97. The molecule has 0 unspecified atom stereocenters. The SMILES string of the molecule is CNS(=O)(=O)N1CCC(C(C)C)CC1. The van der Waals surface area contributed by atoms with Gasteiger partial charge in [-0.05, 0) is 24.7 Å². The minimum atomic E-state index is -3.19. The van der Waals surface area contributed by atoms with Gasteiger partial charge in [-0.2, -0.15) is 12.7 Å². The Kier molecular flexibility index (Phi) is 3.92. The van der Waals surface area contributed by atoms with E-state index in [1.54, 1.807) is 0 Å². The first kappa shape index (κ1) is 11.9. The molecular weight excluding hydrogens is 200 g/mol. The van der Waals surface area contributed by atoms with E-state index in [1.807, 2.05) is 0 Å². The fourth-order valence-corrected chi connectivity index (χ4v) is 2.86. The zero-order valence-electron chi connectivity index (χ0n) is 9.16. The topological polar surface area (TPSA) is 49.4 Å². The number of nitrogens with zero attached hydrogens (tertiary/aromatic N) is 1. The summed E-state index contributed by atoms with van der Waals surface area (Å²) in [6, 6.07) is 0. The van der Waals surface area contributed by atoms with Gasteiger partial charge in [0.05, 0.1) is 0 Å². The van der Waals surface area contributed by atoms with E-state index in [0.717, 1.165) is 12.8 Å². The lowest BCUT2D eigenvalue weighted by atomic mass is 9.87. The first-order valence-electron chi connectivity index (χ1n) is 5.16. The summed E-state index contributed by atoms with van der Waals surface area (Å²) in [4.78, 5) is 0. The lowest BCUT2D eigenvalue weighted by molar-refractivity contribution is 0.225. The van der Waals surface area contributed by atoms with Gasteiger partial charge in [-0.25, -0.2) is 4.72 Å². The Morgan fingerprint density at radius 2 is 1.79 bits per heavy atom. The van der Waals surface area contributed by atoms with Crippen molar-refractivity contribution in [2.45, 2.75) is 26.7 Å². The van der Waals surface area contributed by atoms with Crippen LogP contribution in [0.15, 0.2) is 0 Å². The van der Waals surface area contributed by atoms with Gasteiger partial charge in [0.15, 0.2) is 0 Å². The molecule has 1 aliphatic rings. The van der Waals surface area contributed by atoms with Crippen molar-refractivity contribution in [1.82, 2.24) is 9.03 Å². The van der Waals surface area contributed by atoms with Crippen LogP contribution in [0.25, 0.3) is 0 Å². The maximum absolute atomic E-state index is 11.4. The lowest BCUT2D eigenvalue weighted by Crippen LogP contribution is -2.44. The standard InChI is InChI=1S/C9H20N2O2S/c1-8(2)9-4-6-11(7-5-9)14(12,13)10-3/h8-10H,4-7H2,1-3H3. The Labute approximate surface area is 86.9 Å². The Bertz CT molecular complexity index is 267. The molecule has 0 amide bonds. The minimum Gasteiger partial charge on any atom is -0.205 e. The van der Waals surface area contributed by atoms with Crippen molar-refractivity contribution in [3.05, 3.63) is 0 Å². The second-order valence-corrected chi connectivity index (χ2v) is 6.06. The summed E-state index contributed by atoms with van der Waals surface area (Å²) in [6.07, 6.45) is 1.97. The average molecular weight is 220 g/mol. The van der Waals surface area contributed by atoms with Crippen LogP contribution in [0.1, 0.15) is 26.7 Å². The Hall–Kier alpha value is -0.130. The Morgan fingerprint density at radius 1 is 1.29 bits per heavy atom. The van der Waals surface area contributed by atoms with Crippen LogP contribution in [0.5, 0.6) is 0 Å². The molecule has 0 spiro atoms. The molecule has 5 heteroatoms. The van der Waals surface area contributed by atoms with Crippen molar-refractivity contribution in [2.75, 3.05) is 20.1 Å². The van der Waals surface area contributed by atoms with Crippen LogP contribution in [-0.2, 0) is 10.2 Å². The van der Waals surface area contributed by atoms with Crippen molar-refractivity contribution in [1.29, 1.82) is 0 Å². The molecule has 0 aliphatic carbocycles. The molecule has 1 N–H and O–H groups in total. The molecule has 1 heterocycles. The summed E-state index contributed by atoms with van der Waals surface area (Å²) in [5.74, 6) is 1.34. The van der Waals surface area contributed by atoms with Gasteiger partial charge in [0.2, 0.25) is 0 Å². The average Bonchev–Trinajstić information content (AvgIpc) is 2.18. The molecule has 0 aromatic rings. The van der Waals surface area contributed by atoms with Crippen LogP contribution >= 0.6 is 0 Å². The van der Waals surface area contributed by atoms with Gasteiger partial charge in [0.25, 0.3) is 10.2 Å². The van der Waals surface area contributed by atoms with E-state index >= 15 is 0 Å². The molecule has 4 nitrogen and oxygen atoms in total. The first-order valence-corrected chi connectivity index (χ1v) is 6.60. The highest BCUT2D eigenvalue weighted by molar-refractivity contribution is 7.87. The quantitative estimate of drug-likeness (QED) is 0.765. The summed E-state index contributed by atoms with van der Waals surface area (Å²) >= 11 is 0. The molecule has 0 atom stereocenters. The predicted molar refractivity (Wildman–Crippen MR) is 57.1 cm³/mol. The predicted octanol–water partition coefficient (Wildman–Crippen LogP) is 0.819. The highest BCUT2D eigenvalue weighted by Crippen LogP contribution is 2.25. The molecular formula is C9H20N2O2S. The molecule has 14 heavy (non-hydrogen) atoms. The second kappa shape index (κ2) is 4.59. The monoisotopic (exact) mass is 220 g/mol. The molecule has 0 bridgehead atoms. The van der Waals surface area contributed by atoms with E-state index in [2.05, 4.69) is 18.6 Å². The third-order valence-electron chi connectivity index (χ3n) is 3.04. The lowest BCUT2D eigenvalue weighted by Gasteiger charge is -2.32. The van der Waals surface area contributed by atoms with Gasteiger partial charge in [0, 0.05) is 20.1 Å². The fraction of sp³-hybridized carbons (Fsp3) is 1.00. The van der Waals surface area contributed by atoms with E-state index in [1.165, 1.54) is 11.4 Å². The van der Waals surface area contributed by atoms with Crippen LogP contribution in [0.2, 0.25) is 0 Å². The third kappa shape index (κ3) is 2.68. The van der Waals surface area contributed by atoms with Crippen LogP contribution < -0.4 is 4.72 Å². The van der Waals surface area contributed by atoms with Crippen LogP contribution in [0.3, 0.4) is 0 Å². The Morgan fingerprint density at radius 3 is 2.14 bits per heavy atom. The molecule has 1 saturated heterocycles. The molecule has 0 radical (unpaired) electrons. The number of rotatable bonds is 3. The summed E-state index contributed by atoms with van der Waals surface area (Å²) in [7, 11) is -1.72. The largest absolute Gasteiger partial charge is 0.279 e. The summed E-state index contributed by atoms with van der Waals surface area (Å²) < 4.78 is 26.8. The highest BCUT2D eigenvalue weighted by atomic mass is 32.2. The normalized spacial score (nSPS) is 21.7. The van der Waals surface area contributed by atoms with Gasteiger partial charge < -0.3 is 0 Å². The van der Waals surface area contributed by atoms with Gasteiger partial charge >= 0.3 is 0 Å². The van der Waals surface area contributed by atoms with Gasteiger partial charge in [-0.3, -0.25) is 0 Å². The highest BCUT2D eigenvalue weighted by Gasteiger charge is 2.27. The summed E-state index contributed by atoms with van der Waals surface area (Å²) in [6.45, 7) is 5.72. The molecule has 84 valence electrons. The van der Waals surface area contributed by atoms with E-state index in [4.69, 9.17) is 0 Å². The minimum absolute atomic E-state index is 0.659. The summed E-state index contributed by atoms with van der Waals surface area (Å²) in [5.41, 5.74) is 0. The molecule has 0 aromatic heterocycles. The number of hydrogen-bond donors (Lipinski definition) is 1. The third-order valence-corrected chi connectivity index (χ3v) is 4.60. The van der Waals surface area contributed by atoms with Crippen molar-refractivity contribution in [3.63, 3.8) is 0 Å². The fourth-order valence-electron chi connectivity index (χ4n) is 1.91. The summed E-state index contributed by atoms with van der Waals surface area (Å²) in [5, 5.41) is 0. The molecule has 1 rings (SSSR count). The van der Waals surface area contributed by atoms with E-state index in [9.17, 15) is 8.42 Å². The Balaban J connectivity index is 2.52. The maximum Gasteiger partial charge on any atom is 0.279 e. The van der Waals surface area contributed by atoms with Gasteiger partial charge in [-0.15, -0.1) is 0 Å². The van der Waals surface area contributed by atoms with Crippen LogP contribution in [0.4, 0.5) is 0 Å². The zero-order chi connectivity index (χ0) is 10.8. The van der Waals surface area contributed by atoms with Crippen molar-refractivity contribution >= 4 is 10.2 Å². The van der Waals surface area contributed by atoms with Gasteiger partial charge in [0.1, 0.15) is 0 Å². The van der Waals surface area contributed by atoms with Crippen LogP contribution in [-0.4, -0.2) is 32.9 Å². The molecule has 0 saturated carbocycles. The van der Waals surface area contributed by atoms with E-state index in [-0.39, 0.29) is 0 Å². The van der Waals surface area contributed by atoms with E-state index < -0.39 is 10.2 Å². The van der Waals surface area contributed by atoms with Gasteiger partial charge in [-0.1, -0.05) is 13.8 Å². The van der Waals surface area contributed by atoms with Crippen molar-refractivity contribution in [2.24, 2.45) is 11.8 Å². The van der Waals surface area contributed by atoms with E-state index in [0.29, 0.717) is 24.9 Å². The molecule has 1 aliphatic heterocycles. The number of piperidine rings is 1. The molecule has 0 aromatic carbocycles. The number of nitrogens with one attached hydrogen (secondary N) is 1. The first-order chi connectivity index (χ1) is 6.47. The maximum atomic E-state index is 11.4. The smallest absolute Gasteiger partial charge is 0.205 e. The molecule has 1 fully saturated rings. The van der Waals surface area contributed by atoms with Crippen LogP contribution in [0, 0.1) is 11.8 Å². The van der Waals surface area contributed by atoms with Crippen molar-refractivity contribution < 1.29 is 8.42 Å². The van der Waals surface area contributed by atoms with Crippen molar-refractivity contribution in [3.8, 4) is 0 Å². The second-order valence-electron chi connectivity index (χ2n) is 4.19. The number of hydrogen-bond acceptors (Lipinski definition) is 2.